The number of alkyl halides is 3. The fourth-order valence-corrected chi connectivity index (χ4v) is 2.01. The van der Waals surface area contributed by atoms with Gasteiger partial charge < -0.3 is 0 Å². The number of halogens is 4. The van der Waals surface area contributed by atoms with E-state index in [0.29, 0.717) is 0 Å². The largest absolute Gasteiger partial charge is 0.417 e. The van der Waals surface area contributed by atoms with Gasteiger partial charge in [0, 0.05) is 6.07 Å². The fraction of sp³-hybridized carbons (Fsp3) is 0.222. The molecule has 90 valence electrons. The van der Waals surface area contributed by atoms with Gasteiger partial charge in [0.1, 0.15) is 3.57 Å². The molecule has 0 radical (unpaired) electrons. The highest BCUT2D eigenvalue weighted by molar-refractivity contribution is 14.1. The molecule has 0 fully saturated rings. The molecule has 0 saturated carbocycles. The van der Waals surface area contributed by atoms with Gasteiger partial charge in [-0.15, -0.1) is 0 Å². The highest BCUT2D eigenvalue weighted by atomic mass is 127. The summed E-state index contributed by atoms with van der Waals surface area (Å²) >= 11 is 1.28. The predicted molar refractivity (Wildman–Crippen MR) is 60.1 cm³/mol. The van der Waals surface area contributed by atoms with Crippen LogP contribution in [0, 0.1) is 25.0 Å². The van der Waals surface area contributed by atoms with Crippen molar-refractivity contribution in [2.24, 2.45) is 0 Å². The monoisotopic (exact) mass is 356 g/mol. The van der Waals surface area contributed by atoms with E-state index < -0.39 is 25.9 Å². The molecule has 0 spiro atoms. The van der Waals surface area contributed by atoms with Crippen LogP contribution < -0.4 is 0 Å². The van der Waals surface area contributed by atoms with Gasteiger partial charge in [0.05, 0.1) is 23.0 Å². The van der Waals surface area contributed by atoms with Crippen molar-refractivity contribution in [2.75, 3.05) is 0 Å². The lowest BCUT2D eigenvalue weighted by atomic mass is 10.1. The molecule has 4 nitrogen and oxygen atoms in total. The summed E-state index contributed by atoms with van der Waals surface area (Å²) in [5.74, 6) is 0. The van der Waals surface area contributed by atoms with Gasteiger partial charge in [-0.1, -0.05) is 0 Å². The molecule has 0 aromatic heterocycles. The number of rotatable bonds is 2. The van der Waals surface area contributed by atoms with E-state index >= 15 is 0 Å². The first-order valence-corrected chi connectivity index (χ1v) is 5.26. The summed E-state index contributed by atoms with van der Waals surface area (Å²) in [6, 6.07) is 3.40. The second kappa shape index (κ2) is 4.87. The quantitative estimate of drug-likeness (QED) is 0.464. The number of nitro benzene ring substituents is 1. The third-order valence-electron chi connectivity index (χ3n) is 1.90. The van der Waals surface area contributed by atoms with E-state index in [1.807, 2.05) is 0 Å². The number of nitriles is 1. The Bertz CT molecular complexity index is 508. The van der Waals surface area contributed by atoms with Crippen LogP contribution in [-0.2, 0) is 12.6 Å². The van der Waals surface area contributed by atoms with E-state index in [0.717, 1.165) is 12.1 Å². The molecule has 0 bridgehead atoms. The molecular formula is C9H4F3IN2O2. The smallest absolute Gasteiger partial charge is 0.258 e. The van der Waals surface area contributed by atoms with Crippen LogP contribution in [0.25, 0.3) is 0 Å². The van der Waals surface area contributed by atoms with Crippen molar-refractivity contribution in [3.8, 4) is 6.07 Å². The predicted octanol–water partition coefficient (Wildman–Crippen LogP) is 3.28. The molecular weight excluding hydrogens is 352 g/mol. The van der Waals surface area contributed by atoms with Crippen molar-refractivity contribution in [2.45, 2.75) is 12.6 Å². The first kappa shape index (κ1) is 13.7. The Morgan fingerprint density at radius 3 is 2.47 bits per heavy atom. The average molecular weight is 356 g/mol. The summed E-state index contributed by atoms with van der Waals surface area (Å²) in [7, 11) is 0. The second-order valence-electron chi connectivity index (χ2n) is 3.07. The first-order chi connectivity index (χ1) is 7.77. The topological polar surface area (TPSA) is 66.9 Å². The molecule has 8 heteroatoms. The number of hydrogen-bond acceptors (Lipinski definition) is 3. The van der Waals surface area contributed by atoms with E-state index in [4.69, 9.17) is 5.26 Å². The van der Waals surface area contributed by atoms with Gasteiger partial charge in [-0.25, -0.2) is 0 Å². The molecule has 0 atom stereocenters. The molecule has 17 heavy (non-hydrogen) atoms. The number of nitro groups is 1. The standard InChI is InChI=1S/C9H4F3IN2O2/c10-9(11,12)6-3-5(1-2-14)4-7(8(6)13)15(16)17/h3-4H,1H2. The van der Waals surface area contributed by atoms with Crippen LogP contribution in [-0.4, -0.2) is 4.92 Å². The molecule has 1 aromatic carbocycles. The van der Waals surface area contributed by atoms with E-state index in [1.165, 1.54) is 22.6 Å². The third-order valence-corrected chi connectivity index (χ3v) is 3.03. The summed E-state index contributed by atoms with van der Waals surface area (Å²) in [4.78, 5) is 9.72. The molecule has 0 aliphatic rings. The van der Waals surface area contributed by atoms with Crippen LogP contribution in [0.15, 0.2) is 12.1 Å². The lowest BCUT2D eigenvalue weighted by Crippen LogP contribution is -2.10. The Labute approximate surface area is 107 Å². The zero-order valence-electron chi connectivity index (χ0n) is 8.08. The minimum Gasteiger partial charge on any atom is -0.258 e. The number of benzene rings is 1. The molecule has 0 heterocycles. The van der Waals surface area contributed by atoms with Crippen molar-refractivity contribution >= 4 is 28.3 Å². The van der Waals surface area contributed by atoms with Crippen LogP contribution in [0.5, 0.6) is 0 Å². The second-order valence-corrected chi connectivity index (χ2v) is 4.14. The first-order valence-electron chi connectivity index (χ1n) is 4.18. The summed E-state index contributed by atoms with van der Waals surface area (Å²) in [6.45, 7) is 0. The summed E-state index contributed by atoms with van der Waals surface area (Å²) < 4.78 is 37.3. The van der Waals surface area contributed by atoms with Gasteiger partial charge in [-0.2, -0.15) is 18.4 Å². The van der Waals surface area contributed by atoms with Crippen LogP contribution in [0.4, 0.5) is 18.9 Å². The maximum absolute atomic E-state index is 12.6. The van der Waals surface area contributed by atoms with Gasteiger partial charge in [0.15, 0.2) is 0 Å². The number of nitrogens with zero attached hydrogens (tertiary/aromatic N) is 2. The zero-order valence-corrected chi connectivity index (χ0v) is 10.2. The molecule has 1 aromatic rings. The van der Waals surface area contributed by atoms with E-state index in [2.05, 4.69) is 0 Å². The molecule has 0 unspecified atom stereocenters. The van der Waals surface area contributed by atoms with Gasteiger partial charge in [0.2, 0.25) is 0 Å². The Balaban J connectivity index is 3.50. The maximum Gasteiger partial charge on any atom is 0.417 e. The summed E-state index contributed by atoms with van der Waals surface area (Å²) in [5, 5.41) is 19.0. The molecule has 0 saturated heterocycles. The van der Waals surface area contributed by atoms with Gasteiger partial charge in [-0.05, 0) is 34.2 Å². The highest BCUT2D eigenvalue weighted by Crippen LogP contribution is 2.37. The van der Waals surface area contributed by atoms with Crippen molar-refractivity contribution in [3.63, 3.8) is 0 Å². The Hall–Kier alpha value is -1.37. The van der Waals surface area contributed by atoms with E-state index in [-0.39, 0.29) is 12.0 Å². The summed E-state index contributed by atoms with van der Waals surface area (Å²) in [5.41, 5.74) is -1.74. The Morgan fingerprint density at radius 1 is 1.47 bits per heavy atom. The summed E-state index contributed by atoms with van der Waals surface area (Å²) in [6.07, 6.45) is -4.98. The van der Waals surface area contributed by atoms with Crippen LogP contribution in [0.3, 0.4) is 0 Å². The van der Waals surface area contributed by atoms with Crippen molar-refractivity contribution in [1.82, 2.24) is 0 Å². The van der Waals surface area contributed by atoms with E-state index in [1.54, 1.807) is 6.07 Å². The Morgan fingerprint density at radius 2 is 2.06 bits per heavy atom. The van der Waals surface area contributed by atoms with E-state index in [9.17, 15) is 23.3 Å². The molecule has 0 aliphatic carbocycles. The van der Waals surface area contributed by atoms with Crippen LogP contribution in [0.1, 0.15) is 11.1 Å². The SMILES string of the molecule is N#CCc1cc([N+](=O)[O-])c(I)c(C(F)(F)F)c1. The van der Waals surface area contributed by atoms with Crippen molar-refractivity contribution in [1.29, 1.82) is 5.26 Å². The zero-order chi connectivity index (χ0) is 13.2. The Kier molecular flexibility index (Phi) is 3.92. The van der Waals surface area contributed by atoms with Gasteiger partial charge in [-0.3, -0.25) is 10.1 Å². The lowest BCUT2D eigenvalue weighted by Gasteiger charge is -2.10. The molecule has 1 rings (SSSR count). The van der Waals surface area contributed by atoms with Crippen LogP contribution >= 0.6 is 22.6 Å². The molecule has 0 N–H and O–H groups in total. The minimum atomic E-state index is -4.67. The minimum absolute atomic E-state index is 0.0214. The fourth-order valence-electron chi connectivity index (χ4n) is 1.20. The van der Waals surface area contributed by atoms with Crippen LogP contribution in [0.2, 0.25) is 0 Å². The van der Waals surface area contributed by atoms with Crippen molar-refractivity contribution in [3.05, 3.63) is 36.9 Å². The van der Waals surface area contributed by atoms with Gasteiger partial charge >= 0.3 is 6.18 Å². The molecule has 0 aliphatic heterocycles. The third kappa shape index (κ3) is 3.06. The van der Waals surface area contributed by atoms with Gasteiger partial charge in [0.25, 0.3) is 5.69 Å². The average Bonchev–Trinajstić information content (AvgIpc) is 2.18. The normalized spacial score (nSPS) is 11.0. The lowest BCUT2D eigenvalue weighted by molar-refractivity contribution is -0.386. The molecule has 0 amide bonds. The highest BCUT2D eigenvalue weighted by Gasteiger charge is 2.36. The number of hydrogen-bond donors (Lipinski definition) is 0. The maximum atomic E-state index is 12.6. The van der Waals surface area contributed by atoms with Crippen molar-refractivity contribution < 1.29 is 18.1 Å².